The molecule has 1 aromatic heterocycles. The zero-order valence-corrected chi connectivity index (χ0v) is 9.50. The quantitative estimate of drug-likeness (QED) is 0.831. The molecule has 2 aromatic rings. The summed E-state index contributed by atoms with van der Waals surface area (Å²) >= 11 is 0. The molecule has 0 radical (unpaired) electrons. The maximum atomic E-state index is 11.6. The van der Waals surface area contributed by atoms with Gasteiger partial charge >= 0.3 is 0 Å². The third-order valence-corrected chi connectivity index (χ3v) is 2.36. The molecule has 0 aliphatic heterocycles. The van der Waals surface area contributed by atoms with Crippen molar-refractivity contribution in [3.8, 4) is 5.69 Å². The second kappa shape index (κ2) is 4.80. The van der Waals surface area contributed by atoms with Gasteiger partial charge in [0.2, 0.25) is 5.91 Å². The number of hydrogen-bond donors (Lipinski definition) is 2. The van der Waals surface area contributed by atoms with Crippen LogP contribution >= 0.6 is 0 Å². The van der Waals surface area contributed by atoms with Gasteiger partial charge in [-0.05, 0) is 19.1 Å². The number of rotatable bonds is 3. The van der Waals surface area contributed by atoms with Crippen molar-refractivity contribution in [2.75, 3.05) is 5.32 Å². The lowest BCUT2D eigenvalue weighted by Gasteiger charge is -2.12. The number of amides is 1. The summed E-state index contributed by atoms with van der Waals surface area (Å²) in [5.74, 6) is -0.211. The Kier molecular flexibility index (Phi) is 3.20. The molecular weight excluding hydrogens is 216 g/mol. The highest BCUT2D eigenvalue weighted by atomic mass is 16.2. The third kappa shape index (κ3) is 2.51. The second-order valence-electron chi connectivity index (χ2n) is 3.77. The molecule has 1 atom stereocenters. The lowest BCUT2D eigenvalue weighted by molar-refractivity contribution is -0.117. The summed E-state index contributed by atoms with van der Waals surface area (Å²) in [6, 6.07) is 6.95. The Morgan fingerprint density at radius 1 is 1.47 bits per heavy atom. The molecule has 2 rings (SSSR count). The molecule has 0 spiro atoms. The monoisotopic (exact) mass is 230 g/mol. The van der Waals surface area contributed by atoms with E-state index in [1.165, 1.54) is 0 Å². The van der Waals surface area contributed by atoms with Crippen LogP contribution in [0.2, 0.25) is 0 Å². The van der Waals surface area contributed by atoms with Crippen molar-refractivity contribution in [1.82, 2.24) is 9.55 Å². The highest BCUT2D eigenvalue weighted by Gasteiger charge is 2.10. The van der Waals surface area contributed by atoms with Crippen molar-refractivity contribution >= 4 is 11.6 Å². The molecule has 5 nitrogen and oxygen atoms in total. The minimum atomic E-state index is -0.536. The first-order chi connectivity index (χ1) is 8.18. The minimum absolute atomic E-state index is 0.211. The normalized spacial score (nSPS) is 12.1. The highest BCUT2D eigenvalue weighted by molar-refractivity contribution is 5.96. The Bertz CT molecular complexity index is 505. The van der Waals surface area contributed by atoms with E-state index in [2.05, 4.69) is 10.3 Å². The zero-order valence-electron chi connectivity index (χ0n) is 9.50. The molecule has 3 N–H and O–H groups in total. The van der Waals surface area contributed by atoms with Crippen molar-refractivity contribution in [3.05, 3.63) is 43.0 Å². The van der Waals surface area contributed by atoms with Gasteiger partial charge < -0.3 is 15.6 Å². The summed E-state index contributed by atoms with van der Waals surface area (Å²) < 4.78 is 1.83. The molecule has 17 heavy (non-hydrogen) atoms. The predicted octanol–water partition coefficient (Wildman–Crippen LogP) is 1.16. The summed E-state index contributed by atoms with van der Waals surface area (Å²) in [6.07, 6.45) is 5.18. The zero-order chi connectivity index (χ0) is 12.3. The van der Waals surface area contributed by atoms with Gasteiger partial charge in [0.15, 0.2) is 0 Å². The van der Waals surface area contributed by atoms with E-state index >= 15 is 0 Å². The van der Waals surface area contributed by atoms with Crippen molar-refractivity contribution in [2.45, 2.75) is 13.0 Å². The Morgan fingerprint density at radius 2 is 2.24 bits per heavy atom. The first kappa shape index (κ1) is 11.3. The molecule has 1 amide bonds. The average Bonchev–Trinajstić information content (AvgIpc) is 2.83. The summed E-state index contributed by atoms with van der Waals surface area (Å²) in [5, 5.41) is 2.79. The van der Waals surface area contributed by atoms with Crippen LogP contribution in [0.1, 0.15) is 6.92 Å². The molecule has 88 valence electrons. The van der Waals surface area contributed by atoms with Crippen LogP contribution in [0.15, 0.2) is 43.0 Å². The first-order valence-corrected chi connectivity index (χ1v) is 5.32. The largest absolute Gasteiger partial charge is 0.323 e. The molecule has 0 saturated heterocycles. The van der Waals surface area contributed by atoms with Gasteiger partial charge in [0.25, 0.3) is 0 Å². The Hall–Kier alpha value is -2.14. The minimum Gasteiger partial charge on any atom is -0.323 e. The van der Waals surface area contributed by atoms with Crippen LogP contribution in [0.5, 0.6) is 0 Å². The lowest BCUT2D eigenvalue weighted by atomic mass is 10.2. The van der Waals surface area contributed by atoms with Crippen LogP contribution in [0.4, 0.5) is 5.69 Å². The SMILES string of the molecule is C[C@@H](N)C(=O)Nc1ccccc1-n1ccnc1. The average molecular weight is 230 g/mol. The van der Waals surface area contributed by atoms with E-state index in [4.69, 9.17) is 5.73 Å². The van der Waals surface area contributed by atoms with E-state index in [9.17, 15) is 4.79 Å². The lowest BCUT2D eigenvalue weighted by Crippen LogP contribution is -2.32. The number of anilines is 1. The molecule has 1 heterocycles. The predicted molar refractivity (Wildman–Crippen MR) is 65.8 cm³/mol. The highest BCUT2D eigenvalue weighted by Crippen LogP contribution is 2.19. The van der Waals surface area contributed by atoms with Crippen LogP contribution in [0.3, 0.4) is 0 Å². The van der Waals surface area contributed by atoms with Gasteiger partial charge in [0, 0.05) is 12.4 Å². The molecular formula is C12H14N4O. The van der Waals surface area contributed by atoms with Crippen LogP contribution in [0, 0.1) is 0 Å². The van der Waals surface area contributed by atoms with E-state index in [-0.39, 0.29) is 5.91 Å². The van der Waals surface area contributed by atoms with Crippen molar-refractivity contribution in [2.24, 2.45) is 5.73 Å². The standard InChI is InChI=1S/C12H14N4O/c1-9(13)12(17)15-10-4-2-3-5-11(10)16-7-6-14-8-16/h2-9H,13H2,1H3,(H,15,17)/t9-/m1/s1. The molecule has 0 aliphatic carbocycles. The van der Waals surface area contributed by atoms with Gasteiger partial charge in [-0.15, -0.1) is 0 Å². The smallest absolute Gasteiger partial charge is 0.241 e. The first-order valence-electron chi connectivity index (χ1n) is 5.32. The van der Waals surface area contributed by atoms with E-state index in [0.29, 0.717) is 5.69 Å². The fourth-order valence-corrected chi connectivity index (χ4v) is 1.45. The number of benzene rings is 1. The van der Waals surface area contributed by atoms with E-state index in [1.54, 1.807) is 19.4 Å². The van der Waals surface area contributed by atoms with Gasteiger partial charge in [-0.2, -0.15) is 0 Å². The van der Waals surface area contributed by atoms with E-state index < -0.39 is 6.04 Å². The van der Waals surface area contributed by atoms with E-state index in [1.807, 2.05) is 35.0 Å². The number of nitrogens with one attached hydrogen (secondary N) is 1. The number of aromatic nitrogens is 2. The Morgan fingerprint density at radius 3 is 2.88 bits per heavy atom. The van der Waals surface area contributed by atoms with Gasteiger partial charge in [0.1, 0.15) is 0 Å². The summed E-state index contributed by atoms with van der Waals surface area (Å²) in [5.41, 5.74) is 7.10. The fourth-order valence-electron chi connectivity index (χ4n) is 1.45. The van der Waals surface area contributed by atoms with Crippen LogP contribution < -0.4 is 11.1 Å². The van der Waals surface area contributed by atoms with Crippen LogP contribution in [-0.4, -0.2) is 21.5 Å². The number of imidazole rings is 1. The van der Waals surface area contributed by atoms with Gasteiger partial charge in [-0.3, -0.25) is 4.79 Å². The van der Waals surface area contributed by atoms with Gasteiger partial charge in [-0.25, -0.2) is 4.98 Å². The fraction of sp³-hybridized carbons (Fsp3) is 0.167. The second-order valence-corrected chi connectivity index (χ2v) is 3.77. The van der Waals surface area contributed by atoms with Crippen LogP contribution in [0.25, 0.3) is 5.69 Å². The molecule has 0 unspecified atom stereocenters. The van der Waals surface area contributed by atoms with Crippen molar-refractivity contribution in [1.29, 1.82) is 0 Å². The number of nitrogens with zero attached hydrogens (tertiary/aromatic N) is 2. The molecule has 0 bridgehead atoms. The summed E-state index contributed by atoms with van der Waals surface area (Å²) in [7, 11) is 0. The maximum absolute atomic E-state index is 11.6. The molecule has 0 saturated carbocycles. The molecule has 1 aromatic carbocycles. The van der Waals surface area contributed by atoms with Gasteiger partial charge in [0.05, 0.1) is 23.7 Å². The Labute approximate surface area is 99.3 Å². The summed E-state index contributed by atoms with van der Waals surface area (Å²) in [6.45, 7) is 1.65. The number of carbonyl (C=O) groups excluding carboxylic acids is 1. The number of carbonyl (C=O) groups is 1. The molecule has 0 fully saturated rings. The third-order valence-electron chi connectivity index (χ3n) is 2.36. The van der Waals surface area contributed by atoms with Crippen LogP contribution in [-0.2, 0) is 4.79 Å². The molecule has 0 aliphatic rings. The van der Waals surface area contributed by atoms with Crippen molar-refractivity contribution < 1.29 is 4.79 Å². The Balaban J connectivity index is 2.32. The number of para-hydroxylation sites is 2. The number of nitrogens with two attached hydrogens (primary N) is 1. The van der Waals surface area contributed by atoms with Gasteiger partial charge in [-0.1, -0.05) is 12.1 Å². The maximum Gasteiger partial charge on any atom is 0.241 e. The topological polar surface area (TPSA) is 72.9 Å². The van der Waals surface area contributed by atoms with Crippen molar-refractivity contribution in [3.63, 3.8) is 0 Å². The number of hydrogen-bond acceptors (Lipinski definition) is 3. The molecule has 5 heteroatoms. The van der Waals surface area contributed by atoms with E-state index in [0.717, 1.165) is 5.69 Å². The summed E-state index contributed by atoms with van der Waals surface area (Å²) in [4.78, 5) is 15.6.